The first kappa shape index (κ1) is 10.2. The fourth-order valence-corrected chi connectivity index (χ4v) is 1.38. The quantitative estimate of drug-likeness (QED) is 0.770. The second-order valence-electron chi connectivity index (χ2n) is 3.68. The number of halogens is 2. The fourth-order valence-electron chi connectivity index (χ4n) is 1.38. The van der Waals surface area contributed by atoms with Gasteiger partial charge in [-0.3, -0.25) is 4.79 Å². The molecule has 1 aromatic carbocycles. The zero-order valence-electron chi connectivity index (χ0n) is 8.09. The van der Waals surface area contributed by atoms with Crippen LogP contribution in [0.15, 0.2) is 18.2 Å². The monoisotopic (exact) mass is 211 g/mol. The SMILES string of the molecule is O=C(CNC1CC1)c1c(F)cccc1F. The normalized spacial score (nSPS) is 15.3. The van der Waals surface area contributed by atoms with Crippen molar-refractivity contribution in [3.05, 3.63) is 35.4 Å². The minimum Gasteiger partial charge on any atom is -0.307 e. The van der Waals surface area contributed by atoms with Gasteiger partial charge in [0, 0.05) is 6.04 Å². The van der Waals surface area contributed by atoms with Crippen LogP contribution >= 0.6 is 0 Å². The van der Waals surface area contributed by atoms with Crippen LogP contribution in [0, 0.1) is 11.6 Å². The van der Waals surface area contributed by atoms with Crippen LogP contribution in [-0.4, -0.2) is 18.4 Å². The molecule has 0 unspecified atom stereocenters. The van der Waals surface area contributed by atoms with E-state index in [2.05, 4.69) is 5.32 Å². The zero-order valence-corrected chi connectivity index (χ0v) is 8.09. The Bertz CT molecular complexity index is 368. The molecule has 2 nitrogen and oxygen atoms in total. The summed E-state index contributed by atoms with van der Waals surface area (Å²) in [5.41, 5.74) is -0.439. The van der Waals surface area contributed by atoms with Gasteiger partial charge in [0.25, 0.3) is 0 Å². The number of benzene rings is 1. The zero-order chi connectivity index (χ0) is 10.8. The van der Waals surface area contributed by atoms with Crippen molar-refractivity contribution in [2.24, 2.45) is 0 Å². The molecule has 0 radical (unpaired) electrons. The van der Waals surface area contributed by atoms with Crippen molar-refractivity contribution in [3.8, 4) is 0 Å². The number of carbonyl (C=O) groups is 1. The molecule has 1 aromatic rings. The van der Waals surface area contributed by atoms with Crippen molar-refractivity contribution in [3.63, 3.8) is 0 Å². The van der Waals surface area contributed by atoms with Crippen molar-refractivity contribution in [2.45, 2.75) is 18.9 Å². The number of nitrogens with one attached hydrogen (secondary N) is 1. The third-order valence-corrected chi connectivity index (χ3v) is 2.37. The van der Waals surface area contributed by atoms with Crippen LogP contribution in [0.1, 0.15) is 23.2 Å². The van der Waals surface area contributed by atoms with Crippen molar-refractivity contribution in [1.82, 2.24) is 5.32 Å². The number of rotatable bonds is 4. The highest BCUT2D eigenvalue weighted by atomic mass is 19.1. The maximum absolute atomic E-state index is 13.2. The van der Waals surface area contributed by atoms with Crippen molar-refractivity contribution in [1.29, 1.82) is 0 Å². The second kappa shape index (κ2) is 4.06. The van der Waals surface area contributed by atoms with Crippen LogP contribution in [0.3, 0.4) is 0 Å². The molecule has 1 fully saturated rings. The summed E-state index contributed by atoms with van der Waals surface area (Å²) in [5, 5.41) is 2.93. The molecule has 4 heteroatoms. The standard InChI is InChI=1S/C11H11F2NO/c12-8-2-1-3-9(13)11(8)10(15)6-14-7-4-5-7/h1-3,7,14H,4-6H2. The number of hydrogen-bond donors (Lipinski definition) is 1. The Kier molecular flexibility index (Phi) is 2.77. The Morgan fingerprint density at radius 3 is 2.47 bits per heavy atom. The lowest BCUT2D eigenvalue weighted by Gasteiger charge is -2.04. The first-order valence-electron chi connectivity index (χ1n) is 4.89. The van der Waals surface area contributed by atoms with Gasteiger partial charge < -0.3 is 5.32 Å². The third kappa shape index (κ3) is 2.39. The molecule has 0 amide bonds. The molecule has 0 bridgehead atoms. The van der Waals surface area contributed by atoms with Gasteiger partial charge in [0.1, 0.15) is 11.6 Å². The largest absolute Gasteiger partial charge is 0.307 e. The molecule has 0 aliphatic heterocycles. The van der Waals surface area contributed by atoms with Gasteiger partial charge in [-0.2, -0.15) is 0 Å². The summed E-state index contributed by atoms with van der Waals surface area (Å²) in [6.07, 6.45) is 2.07. The Morgan fingerprint density at radius 1 is 1.33 bits per heavy atom. The van der Waals surface area contributed by atoms with Gasteiger partial charge in [0.2, 0.25) is 0 Å². The molecule has 15 heavy (non-hydrogen) atoms. The van der Waals surface area contributed by atoms with E-state index in [0.717, 1.165) is 25.0 Å². The van der Waals surface area contributed by atoms with Crippen LogP contribution in [0.2, 0.25) is 0 Å². The van der Waals surface area contributed by atoms with E-state index < -0.39 is 23.0 Å². The molecule has 1 aliphatic carbocycles. The molecule has 80 valence electrons. The minimum absolute atomic E-state index is 0.00250. The van der Waals surface area contributed by atoms with E-state index in [1.165, 1.54) is 6.07 Å². The van der Waals surface area contributed by atoms with Crippen LogP contribution < -0.4 is 5.32 Å². The van der Waals surface area contributed by atoms with E-state index in [1.54, 1.807) is 0 Å². The first-order valence-corrected chi connectivity index (χ1v) is 4.89. The fraction of sp³-hybridized carbons (Fsp3) is 0.364. The summed E-state index contributed by atoms with van der Waals surface area (Å²) < 4.78 is 26.3. The molecule has 1 N–H and O–H groups in total. The highest BCUT2D eigenvalue weighted by molar-refractivity contribution is 5.98. The summed E-state index contributed by atoms with van der Waals surface area (Å²) in [5.74, 6) is -2.12. The lowest BCUT2D eigenvalue weighted by Crippen LogP contribution is -2.26. The summed E-state index contributed by atoms with van der Waals surface area (Å²) in [6, 6.07) is 3.78. The van der Waals surface area contributed by atoms with Gasteiger partial charge in [-0.15, -0.1) is 0 Å². The number of ketones is 1. The summed E-state index contributed by atoms with van der Waals surface area (Å²) in [4.78, 5) is 11.5. The van der Waals surface area contributed by atoms with E-state index >= 15 is 0 Å². The highest BCUT2D eigenvalue weighted by Gasteiger charge is 2.23. The van der Waals surface area contributed by atoms with Crippen LogP contribution in [0.4, 0.5) is 8.78 Å². The van der Waals surface area contributed by atoms with Crippen molar-refractivity contribution in [2.75, 3.05) is 6.54 Å². The summed E-state index contributed by atoms with van der Waals surface area (Å²) in [6.45, 7) is 0.00250. The van der Waals surface area contributed by atoms with Gasteiger partial charge in [-0.25, -0.2) is 8.78 Å². The smallest absolute Gasteiger partial charge is 0.182 e. The predicted molar refractivity (Wildman–Crippen MR) is 51.7 cm³/mol. The molecular formula is C11H11F2NO. The number of carbonyl (C=O) groups excluding carboxylic acids is 1. The Labute approximate surface area is 86.3 Å². The van der Waals surface area contributed by atoms with E-state index in [1.807, 2.05) is 0 Å². The summed E-state index contributed by atoms with van der Waals surface area (Å²) in [7, 11) is 0. The van der Waals surface area contributed by atoms with Crippen molar-refractivity contribution >= 4 is 5.78 Å². The lowest BCUT2D eigenvalue weighted by molar-refractivity contribution is 0.0982. The second-order valence-corrected chi connectivity index (χ2v) is 3.68. The van der Waals surface area contributed by atoms with Crippen molar-refractivity contribution < 1.29 is 13.6 Å². The number of hydrogen-bond acceptors (Lipinski definition) is 2. The van der Waals surface area contributed by atoms with E-state index in [9.17, 15) is 13.6 Å². The number of Topliss-reactive ketones (excluding diaryl/α,β-unsaturated/α-hetero) is 1. The molecule has 1 aliphatic rings. The van der Waals surface area contributed by atoms with E-state index in [4.69, 9.17) is 0 Å². The highest BCUT2D eigenvalue weighted by Crippen LogP contribution is 2.19. The average Bonchev–Trinajstić information content (AvgIpc) is 2.97. The first-order chi connectivity index (χ1) is 7.18. The Balaban J connectivity index is 2.09. The average molecular weight is 211 g/mol. The summed E-state index contributed by atoms with van der Waals surface area (Å²) >= 11 is 0. The molecule has 0 spiro atoms. The van der Waals surface area contributed by atoms with Gasteiger partial charge in [0.05, 0.1) is 12.1 Å². The molecule has 2 rings (SSSR count). The van der Waals surface area contributed by atoms with E-state index in [-0.39, 0.29) is 6.54 Å². The molecular weight excluding hydrogens is 200 g/mol. The van der Waals surface area contributed by atoms with Gasteiger partial charge in [-0.05, 0) is 25.0 Å². The van der Waals surface area contributed by atoms with E-state index in [0.29, 0.717) is 6.04 Å². The van der Waals surface area contributed by atoms with Crippen LogP contribution in [-0.2, 0) is 0 Å². The van der Waals surface area contributed by atoms with Gasteiger partial charge >= 0.3 is 0 Å². The third-order valence-electron chi connectivity index (χ3n) is 2.37. The maximum atomic E-state index is 13.2. The molecule has 1 saturated carbocycles. The predicted octanol–water partition coefficient (Wildman–Crippen LogP) is 1.90. The Morgan fingerprint density at radius 2 is 1.93 bits per heavy atom. The molecule has 0 atom stereocenters. The lowest BCUT2D eigenvalue weighted by atomic mass is 10.1. The van der Waals surface area contributed by atoms with Crippen LogP contribution in [0.5, 0.6) is 0 Å². The topological polar surface area (TPSA) is 29.1 Å². The Hall–Kier alpha value is -1.29. The molecule has 0 aromatic heterocycles. The maximum Gasteiger partial charge on any atom is 0.182 e. The van der Waals surface area contributed by atoms with Crippen LogP contribution in [0.25, 0.3) is 0 Å². The molecule has 0 heterocycles. The molecule has 0 saturated heterocycles. The minimum atomic E-state index is -0.794. The van der Waals surface area contributed by atoms with Gasteiger partial charge in [-0.1, -0.05) is 6.07 Å². The van der Waals surface area contributed by atoms with Gasteiger partial charge in [0.15, 0.2) is 5.78 Å².